The maximum atomic E-state index is 12.4. The summed E-state index contributed by atoms with van der Waals surface area (Å²) in [5, 5.41) is 3.94. The van der Waals surface area contributed by atoms with E-state index in [1.54, 1.807) is 29.6 Å². The Balaban J connectivity index is 1.62. The van der Waals surface area contributed by atoms with Crippen LogP contribution in [0.15, 0.2) is 29.2 Å². The average Bonchev–Trinajstić information content (AvgIpc) is 3.05. The van der Waals surface area contributed by atoms with Gasteiger partial charge >= 0.3 is 0 Å². The van der Waals surface area contributed by atoms with Crippen molar-refractivity contribution in [1.29, 1.82) is 0 Å². The Labute approximate surface area is 128 Å². The van der Waals surface area contributed by atoms with Crippen LogP contribution in [-0.2, 0) is 0 Å². The molecule has 22 heavy (non-hydrogen) atoms. The molecule has 0 aromatic carbocycles. The molecule has 0 N–H and O–H groups in total. The third-order valence-corrected chi connectivity index (χ3v) is 3.77. The Morgan fingerprint density at radius 2 is 2.00 bits per heavy atom. The minimum Gasteiger partial charge on any atom is -0.352 e. The molecule has 1 aliphatic rings. The van der Waals surface area contributed by atoms with E-state index in [1.165, 1.54) is 0 Å². The van der Waals surface area contributed by atoms with Crippen LogP contribution in [0.25, 0.3) is 0 Å². The molecule has 0 radical (unpaired) electrons. The van der Waals surface area contributed by atoms with Gasteiger partial charge in [0.15, 0.2) is 0 Å². The highest BCUT2D eigenvalue weighted by molar-refractivity contribution is 5.91. The van der Waals surface area contributed by atoms with Crippen molar-refractivity contribution in [2.75, 3.05) is 31.1 Å². The van der Waals surface area contributed by atoms with Crippen LogP contribution in [0.1, 0.15) is 36.0 Å². The molecule has 3 rings (SSSR count). The van der Waals surface area contributed by atoms with Crippen LogP contribution < -0.4 is 4.90 Å². The van der Waals surface area contributed by atoms with Gasteiger partial charge in [0.25, 0.3) is 5.91 Å². The quantitative estimate of drug-likeness (QED) is 0.856. The van der Waals surface area contributed by atoms with Gasteiger partial charge < -0.3 is 14.3 Å². The molecule has 7 nitrogen and oxygen atoms in total. The standard InChI is InChI=1S/C15H19N5O2/c1-11(2)12-9-13(22-18-12)15(21)20-7-5-19(6-8-20)14-10-16-3-4-17-14/h3-4,9-11H,5-8H2,1-2H3. The fourth-order valence-electron chi connectivity index (χ4n) is 2.41. The highest BCUT2D eigenvalue weighted by atomic mass is 16.5. The van der Waals surface area contributed by atoms with Crippen LogP contribution in [0, 0.1) is 0 Å². The van der Waals surface area contributed by atoms with E-state index in [4.69, 9.17) is 4.52 Å². The first-order valence-corrected chi connectivity index (χ1v) is 7.42. The minimum absolute atomic E-state index is 0.0989. The van der Waals surface area contributed by atoms with Crippen molar-refractivity contribution in [2.45, 2.75) is 19.8 Å². The summed E-state index contributed by atoms with van der Waals surface area (Å²) in [6.45, 7) is 6.77. The topological polar surface area (TPSA) is 75.4 Å². The van der Waals surface area contributed by atoms with Gasteiger partial charge in [-0.25, -0.2) is 4.98 Å². The molecule has 1 fully saturated rings. The van der Waals surface area contributed by atoms with Crippen LogP contribution >= 0.6 is 0 Å². The lowest BCUT2D eigenvalue weighted by Crippen LogP contribution is -2.49. The van der Waals surface area contributed by atoms with Gasteiger partial charge in [-0.05, 0) is 5.92 Å². The number of piperazine rings is 1. The second-order valence-electron chi connectivity index (χ2n) is 5.61. The summed E-state index contributed by atoms with van der Waals surface area (Å²) in [6.07, 6.45) is 5.07. The van der Waals surface area contributed by atoms with E-state index >= 15 is 0 Å². The monoisotopic (exact) mass is 301 g/mol. The van der Waals surface area contributed by atoms with Gasteiger partial charge in [-0.2, -0.15) is 0 Å². The molecule has 0 saturated carbocycles. The number of hydrogen-bond acceptors (Lipinski definition) is 6. The number of carbonyl (C=O) groups is 1. The van der Waals surface area contributed by atoms with Crippen LogP contribution in [0.2, 0.25) is 0 Å². The van der Waals surface area contributed by atoms with Gasteiger partial charge in [0.2, 0.25) is 5.76 Å². The molecule has 2 aromatic rings. The van der Waals surface area contributed by atoms with Crippen molar-refractivity contribution >= 4 is 11.7 Å². The van der Waals surface area contributed by atoms with Crippen molar-refractivity contribution in [1.82, 2.24) is 20.0 Å². The fraction of sp³-hybridized carbons (Fsp3) is 0.467. The number of hydrogen-bond donors (Lipinski definition) is 0. The van der Waals surface area contributed by atoms with E-state index in [0.717, 1.165) is 24.6 Å². The number of nitrogens with zero attached hydrogens (tertiary/aromatic N) is 5. The highest BCUT2D eigenvalue weighted by Crippen LogP contribution is 2.17. The van der Waals surface area contributed by atoms with Crippen LogP contribution in [0.3, 0.4) is 0 Å². The number of carbonyl (C=O) groups excluding carboxylic acids is 1. The van der Waals surface area contributed by atoms with Crippen LogP contribution in [-0.4, -0.2) is 52.1 Å². The Kier molecular flexibility index (Phi) is 4.04. The Hall–Kier alpha value is -2.44. The second-order valence-corrected chi connectivity index (χ2v) is 5.61. The first-order chi connectivity index (χ1) is 10.6. The van der Waals surface area contributed by atoms with Crippen molar-refractivity contribution in [3.63, 3.8) is 0 Å². The van der Waals surface area contributed by atoms with Gasteiger partial charge in [0, 0.05) is 44.6 Å². The van der Waals surface area contributed by atoms with Gasteiger partial charge in [-0.1, -0.05) is 19.0 Å². The van der Waals surface area contributed by atoms with E-state index in [1.807, 2.05) is 13.8 Å². The normalized spacial score (nSPS) is 15.4. The minimum atomic E-state index is -0.0989. The Morgan fingerprint density at radius 1 is 1.23 bits per heavy atom. The smallest absolute Gasteiger partial charge is 0.292 e. The molecule has 0 atom stereocenters. The number of anilines is 1. The SMILES string of the molecule is CC(C)c1cc(C(=O)N2CCN(c3cnccn3)CC2)on1. The van der Waals surface area contributed by atoms with Gasteiger partial charge in [-0.3, -0.25) is 9.78 Å². The molecule has 7 heteroatoms. The zero-order valence-electron chi connectivity index (χ0n) is 12.8. The molecule has 0 aliphatic carbocycles. The average molecular weight is 301 g/mol. The third-order valence-electron chi connectivity index (χ3n) is 3.77. The maximum Gasteiger partial charge on any atom is 0.292 e. The van der Waals surface area contributed by atoms with Gasteiger partial charge in [-0.15, -0.1) is 0 Å². The predicted octanol–water partition coefficient (Wildman–Crippen LogP) is 1.55. The van der Waals surface area contributed by atoms with Crippen molar-refractivity contribution in [3.8, 4) is 0 Å². The van der Waals surface area contributed by atoms with E-state index in [0.29, 0.717) is 18.8 Å². The highest BCUT2D eigenvalue weighted by Gasteiger charge is 2.25. The molecule has 116 valence electrons. The molecular formula is C15H19N5O2. The zero-order valence-corrected chi connectivity index (χ0v) is 12.8. The Bertz CT molecular complexity index is 632. The molecule has 0 spiro atoms. The van der Waals surface area contributed by atoms with Crippen molar-refractivity contribution in [2.24, 2.45) is 0 Å². The fourth-order valence-corrected chi connectivity index (χ4v) is 2.41. The summed E-state index contributed by atoms with van der Waals surface area (Å²) in [5.74, 6) is 1.31. The maximum absolute atomic E-state index is 12.4. The number of rotatable bonds is 3. The largest absolute Gasteiger partial charge is 0.352 e. The summed E-state index contributed by atoms with van der Waals surface area (Å²) in [4.78, 5) is 24.7. The summed E-state index contributed by atoms with van der Waals surface area (Å²) in [7, 11) is 0. The van der Waals surface area contributed by atoms with Gasteiger partial charge in [0.05, 0.1) is 11.9 Å². The number of amides is 1. The lowest BCUT2D eigenvalue weighted by molar-refractivity contribution is 0.0704. The molecule has 3 heterocycles. The van der Waals surface area contributed by atoms with E-state index in [9.17, 15) is 4.79 Å². The molecule has 0 bridgehead atoms. The number of aromatic nitrogens is 3. The van der Waals surface area contributed by atoms with E-state index in [2.05, 4.69) is 20.0 Å². The lowest BCUT2D eigenvalue weighted by Gasteiger charge is -2.34. The molecule has 1 saturated heterocycles. The first kappa shape index (κ1) is 14.5. The summed E-state index contributed by atoms with van der Waals surface area (Å²) >= 11 is 0. The Morgan fingerprint density at radius 3 is 2.59 bits per heavy atom. The van der Waals surface area contributed by atoms with Crippen LogP contribution in [0.5, 0.6) is 0 Å². The van der Waals surface area contributed by atoms with Crippen molar-refractivity contribution in [3.05, 3.63) is 36.1 Å². The van der Waals surface area contributed by atoms with E-state index in [-0.39, 0.29) is 11.8 Å². The summed E-state index contributed by atoms with van der Waals surface area (Å²) < 4.78 is 5.18. The first-order valence-electron chi connectivity index (χ1n) is 7.42. The van der Waals surface area contributed by atoms with Crippen molar-refractivity contribution < 1.29 is 9.32 Å². The van der Waals surface area contributed by atoms with Crippen LogP contribution in [0.4, 0.5) is 5.82 Å². The molecule has 1 aliphatic heterocycles. The second kappa shape index (κ2) is 6.13. The summed E-state index contributed by atoms with van der Waals surface area (Å²) in [6, 6.07) is 1.74. The van der Waals surface area contributed by atoms with Gasteiger partial charge in [0.1, 0.15) is 5.82 Å². The predicted molar refractivity (Wildman–Crippen MR) is 80.7 cm³/mol. The molecular weight excluding hydrogens is 282 g/mol. The third kappa shape index (κ3) is 2.93. The summed E-state index contributed by atoms with van der Waals surface area (Å²) in [5.41, 5.74) is 0.807. The lowest BCUT2D eigenvalue weighted by atomic mass is 10.1. The molecule has 1 amide bonds. The van der Waals surface area contributed by atoms with E-state index < -0.39 is 0 Å². The zero-order chi connectivity index (χ0) is 15.5. The molecule has 0 unspecified atom stereocenters. The molecule has 2 aromatic heterocycles.